The molecule has 17 heavy (non-hydrogen) atoms. The van der Waals surface area contributed by atoms with E-state index >= 15 is 0 Å². The topological polar surface area (TPSA) is 22.1 Å². The molecule has 0 aromatic carbocycles. The van der Waals surface area contributed by atoms with Crippen molar-refractivity contribution in [2.75, 3.05) is 0 Å². The number of hydrogen-bond donors (Lipinski definition) is 0. The van der Waals surface area contributed by atoms with Crippen molar-refractivity contribution < 1.29 is 26.7 Å². The minimum atomic E-state index is -5.06. The Labute approximate surface area is 111 Å². The van der Waals surface area contributed by atoms with Gasteiger partial charge in [0.05, 0.1) is 5.56 Å². The van der Waals surface area contributed by atoms with Crippen LogP contribution in [0.25, 0.3) is 0 Å². The summed E-state index contributed by atoms with van der Waals surface area (Å²) < 4.78 is 64.9. The maximum absolute atomic E-state index is 12.7. The summed E-state index contributed by atoms with van der Waals surface area (Å²) in [5.41, 5.74) is -1.07. The van der Waals surface area contributed by atoms with Crippen LogP contribution < -0.4 is 4.74 Å². The number of rotatable bonds is 3. The Kier molecular flexibility index (Phi) is 4.76. The molecular formula is C8H4ClF5INO. The summed E-state index contributed by atoms with van der Waals surface area (Å²) >= 11 is 6.74. The molecule has 1 heterocycles. The lowest BCUT2D eigenvalue weighted by Crippen LogP contribution is -2.20. The molecule has 0 amide bonds. The molecule has 2 nitrogen and oxygen atoms in total. The fraction of sp³-hybridized carbons (Fsp3) is 0.375. The highest BCUT2D eigenvalue weighted by atomic mass is 127. The molecule has 0 aliphatic rings. The zero-order valence-electron chi connectivity index (χ0n) is 7.86. The average molecular weight is 387 g/mol. The van der Waals surface area contributed by atoms with Crippen LogP contribution in [0.3, 0.4) is 0 Å². The van der Waals surface area contributed by atoms with Gasteiger partial charge in [-0.15, -0.1) is 24.8 Å². The van der Waals surface area contributed by atoms with Gasteiger partial charge < -0.3 is 4.74 Å². The van der Waals surface area contributed by atoms with Gasteiger partial charge in [0.15, 0.2) is 5.75 Å². The van der Waals surface area contributed by atoms with Crippen LogP contribution in [0, 0.1) is 3.70 Å². The Morgan fingerprint density at radius 3 is 2.41 bits per heavy atom. The molecule has 9 heteroatoms. The number of pyridine rings is 1. The number of hydrogen-bond acceptors (Lipinski definition) is 2. The van der Waals surface area contributed by atoms with E-state index in [1.54, 1.807) is 0 Å². The summed E-state index contributed by atoms with van der Waals surface area (Å²) in [4.78, 5) is 3.52. The second-order valence-electron chi connectivity index (χ2n) is 2.80. The maximum atomic E-state index is 12.7. The first kappa shape index (κ1) is 14.7. The fourth-order valence-electron chi connectivity index (χ4n) is 1.08. The van der Waals surface area contributed by atoms with Crippen molar-refractivity contribution in [3.8, 4) is 5.75 Å². The van der Waals surface area contributed by atoms with Crippen molar-refractivity contribution in [2.24, 2.45) is 0 Å². The van der Waals surface area contributed by atoms with Crippen molar-refractivity contribution in [1.29, 1.82) is 0 Å². The fourth-order valence-corrected chi connectivity index (χ4v) is 1.83. The Hall–Kier alpha value is -0.380. The van der Waals surface area contributed by atoms with E-state index in [0.29, 0.717) is 0 Å². The molecule has 0 atom stereocenters. The smallest absolute Gasteiger partial charge is 0.402 e. The molecule has 1 aromatic heterocycles. The Morgan fingerprint density at radius 2 is 2.00 bits per heavy atom. The standard InChI is InChI=1S/C8H4ClF5INO/c9-1-3-2-16-7(15)5(4(3)6(10)11)17-8(12,13)14/h2,6H,1H2. The maximum Gasteiger partial charge on any atom is 0.573 e. The van der Waals surface area contributed by atoms with E-state index in [4.69, 9.17) is 11.6 Å². The van der Waals surface area contributed by atoms with Gasteiger partial charge in [0.1, 0.15) is 3.70 Å². The van der Waals surface area contributed by atoms with Gasteiger partial charge in [0.2, 0.25) is 0 Å². The summed E-state index contributed by atoms with van der Waals surface area (Å²) in [6.07, 6.45) is -7.19. The molecule has 0 aliphatic heterocycles. The number of ether oxygens (including phenoxy) is 1. The lowest BCUT2D eigenvalue weighted by molar-refractivity contribution is -0.275. The minimum absolute atomic E-state index is 0.193. The first-order chi connectivity index (χ1) is 7.76. The SMILES string of the molecule is FC(F)c1c(CCl)cnc(I)c1OC(F)(F)F. The van der Waals surface area contributed by atoms with Gasteiger partial charge in [0, 0.05) is 12.1 Å². The Balaban J connectivity index is 3.34. The predicted molar refractivity (Wildman–Crippen MR) is 58.2 cm³/mol. The van der Waals surface area contributed by atoms with E-state index in [-0.39, 0.29) is 15.1 Å². The van der Waals surface area contributed by atoms with Gasteiger partial charge in [-0.25, -0.2) is 13.8 Å². The van der Waals surface area contributed by atoms with Crippen LogP contribution in [0.2, 0.25) is 0 Å². The zero-order chi connectivity index (χ0) is 13.2. The van der Waals surface area contributed by atoms with E-state index in [9.17, 15) is 22.0 Å². The molecule has 96 valence electrons. The first-order valence-electron chi connectivity index (χ1n) is 4.03. The van der Waals surface area contributed by atoms with Crippen LogP contribution >= 0.6 is 34.2 Å². The van der Waals surface area contributed by atoms with Crippen LogP contribution in [-0.2, 0) is 5.88 Å². The lowest BCUT2D eigenvalue weighted by atomic mass is 10.1. The summed E-state index contributed by atoms with van der Waals surface area (Å²) in [6, 6.07) is 0. The second kappa shape index (κ2) is 5.51. The molecule has 0 fully saturated rings. The molecule has 0 saturated heterocycles. The molecule has 1 aromatic rings. The third-order valence-corrected chi connectivity index (χ3v) is 2.75. The minimum Gasteiger partial charge on any atom is -0.402 e. The second-order valence-corrected chi connectivity index (χ2v) is 4.09. The number of nitrogens with zero attached hydrogens (tertiary/aromatic N) is 1. The molecule has 0 spiro atoms. The predicted octanol–water partition coefficient (Wildman–Crippen LogP) is 4.26. The summed E-state index contributed by atoms with van der Waals surface area (Å²) in [7, 11) is 0. The van der Waals surface area contributed by atoms with Crippen molar-refractivity contribution in [2.45, 2.75) is 18.7 Å². The number of alkyl halides is 6. The first-order valence-corrected chi connectivity index (χ1v) is 5.64. The van der Waals surface area contributed by atoms with Crippen molar-refractivity contribution in [3.05, 3.63) is 21.0 Å². The highest BCUT2D eigenvalue weighted by molar-refractivity contribution is 14.1. The highest BCUT2D eigenvalue weighted by Gasteiger charge is 2.35. The summed E-state index contributed by atoms with van der Waals surface area (Å²) in [5, 5.41) is 0. The van der Waals surface area contributed by atoms with Gasteiger partial charge in [0.25, 0.3) is 6.43 Å². The average Bonchev–Trinajstić information content (AvgIpc) is 2.18. The molecule has 0 N–H and O–H groups in total. The highest BCUT2D eigenvalue weighted by Crippen LogP contribution is 2.38. The van der Waals surface area contributed by atoms with Crippen LogP contribution in [0.5, 0.6) is 5.75 Å². The van der Waals surface area contributed by atoms with E-state index in [1.165, 1.54) is 22.6 Å². The van der Waals surface area contributed by atoms with Crippen LogP contribution in [0.15, 0.2) is 6.20 Å². The van der Waals surface area contributed by atoms with E-state index in [2.05, 4.69) is 9.72 Å². The van der Waals surface area contributed by atoms with Gasteiger partial charge >= 0.3 is 6.36 Å². The Morgan fingerprint density at radius 1 is 1.41 bits per heavy atom. The zero-order valence-corrected chi connectivity index (χ0v) is 10.8. The van der Waals surface area contributed by atoms with Crippen LogP contribution in [-0.4, -0.2) is 11.3 Å². The Bertz CT molecular complexity index is 412. The monoisotopic (exact) mass is 387 g/mol. The van der Waals surface area contributed by atoms with Gasteiger partial charge in [-0.2, -0.15) is 0 Å². The normalized spacial score (nSPS) is 12.0. The number of aromatic nitrogens is 1. The number of halogens is 7. The van der Waals surface area contributed by atoms with Crippen LogP contribution in [0.1, 0.15) is 17.6 Å². The molecule has 0 radical (unpaired) electrons. The van der Waals surface area contributed by atoms with Crippen molar-refractivity contribution in [1.82, 2.24) is 4.98 Å². The van der Waals surface area contributed by atoms with E-state index < -0.39 is 24.1 Å². The molecule has 0 bridgehead atoms. The summed E-state index contributed by atoms with van der Waals surface area (Å²) in [6.45, 7) is 0. The molecule has 0 saturated carbocycles. The summed E-state index contributed by atoms with van der Waals surface area (Å²) in [5.74, 6) is -1.37. The van der Waals surface area contributed by atoms with Gasteiger partial charge in [-0.3, -0.25) is 0 Å². The molecule has 1 rings (SSSR count). The molecule has 0 unspecified atom stereocenters. The van der Waals surface area contributed by atoms with Crippen LogP contribution in [0.4, 0.5) is 22.0 Å². The van der Waals surface area contributed by atoms with E-state index in [0.717, 1.165) is 6.20 Å². The third kappa shape index (κ3) is 3.80. The lowest BCUT2D eigenvalue weighted by Gasteiger charge is -2.16. The van der Waals surface area contributed by atoms with Gasteiger partial charge in [-0.05, 0) is 28.2 Å². The molecular weight excluding hydrogens is 383 g/mol. The quantitative estimate of drug-likeness (QED) is 0.335. The largest absolute Gasteiger partial charge is 0.573 e. The van der Waals surface area contributed by atoms with Crippen molar-refractivity contribution >= 4 is 34.2 Å². The van der Waals surface area contributed by atoms with Gasteiger partial charge in [-0.1, -0.05) is 0 Å². The third-order valence-electron chi connectivity index (χ3n) is 1.69. The van der Waals surface area contributed by atoms with Crippen molar-refractivity contribution in [3.63, 3.8) is 0 Å². The van der Waals surface area contributed by atoms with E-state index in [1.807, 2.05) is 0 Å². The molecule has 0 aliphatic carbocycles.